The third kappa shape index (κ3) is 5.74. The second-order valence-electron chi connectivity index (χ2n) is 11.0. The summed E-state index contributed by atoms with van der Waals surface area (Å²) in [5.74, 6) is 0.943. The van der Waals surface area contributed by atoms with Crippen LogP contribution in [0.2, 0.25) is 0 Å². The Balaban J connectivity index is 1.47. The maximum atomic E-state index is 13.1. The summed E-state index contributed by atoms with van der Waals surface area (Å²) < 4.78 is 12.8. The number of hydrogen-bond donors (Lipinski definition) is 6. The molecule has 5 rings (SSSR count). The molecule has 0 radical (unpaired) electrons. The van der Waals surface area contributed by atoms with Crippen molar-refractivity contribution in [3.8, 4) is 5.75 Å². The molecule has 228 valence electrons. The molecule has 1 aromatic carbocycles. The van der Waals surface area contributed by atoms with Crippen molar-refractivity contribution in [2.24, 2.45) is 4.99 Å². The van der Waals surface area contributed by atoms with Gasteiger partial charge in [0.2, 0.25) is 0 Å². The number of hydrogen-bond acceptors (Lipinski definition) is 13. The maximum absolute atomic E-state index is 13.1. The number of nitrogens with zero attached hydrogens (tertiary/aromatic N) is 2. The minimum absolute atomic E-state index is 0.0988. The Kier molecular flexibility index (Phi) is 8.83. The van der Waals surface area contributed by atoms with E-state index in [2.05, 4.69) is 4.99 Å². The highest BCUT2D eigenvalue weighted by molar-refractivity contribution is 6.12. The molecule has 42 heavy (non-hydrogen) atoms. The number of benzene rings is 1. The molecule has 0 saturated heterocycles. The van der Waals surface area contributed by atoms with Crippen LogP contribution < -0.4 is 15.1 Å². The first-order chi connectivity index (χ1) is 20.1. The van der Waals surface area contributed by atoms with Gasteiger partial charge < -0.3 is 44.7 Å². The van der Waals surface area contributed by atoms with E-state index < -0.39 is 49.3 Å². The van der Waals surface area contributed by atoms with Crippen molar-refractivity contribution >= 4 is 22.4 Å². The summed E-state index contributed by atoms with van der Waals surface area (Å²) in [5, 5.41) is 58.7. The predicted molar refractivity (Wildman–Crippen MR) is 150 cm³/mol. The monoisotopic (exact) mass is 588 g/mol. The number of ether oxygens (including phenoxy) is 1. The fourth-order valence-electron chi connectivity index (χ4n) is 5.45. The van der Waals surface area contributed by atoms with Crippen LogP contribution >= 0.6 is 0 Å². The normalized spacial score (nSPS) is 24.1. The molecule has 13 nitrogen and oxygen atoms in total. The van der Waals surface area contributed by atoms with Gasteiger partial charge >= 0.3 is 0 Å². The Morgan fingerprint density at radius 3 is 2.64 bits per heavy atom. The van der Waals surface area contributed by atoms with E-state index >= 15 is 0 Å². The lowest BCUT2D eigenvalue weighted by Crippen LogP contribution is -2.51. The van der Waals surface area contributed by atoms with Gasteiger partial charge in [-0.1, -0.05) is 0 Å². The lowest BCUT2D eigenvalue weighted by Gasteiger charge is -2.42. The molecule has 2 aromatic rings. The molecule has 0 fully saturated rings. The maximum Gasteiger partial charge on any atom is 0.193 e. The topological polar surface area (TPSA) is 195 Å². The van der Waals surface area contributed by atoms with Crippen LogP contribution in [0.3, 0.4) is 0 Å². The second kappa shape index (κ2) is 12.2. The Hall–Kier alpha value is -3.14. The highest BCUT2D eigenvalue weighted by Crippen LogP contribution is 2.48. The standard InChI is InChI=1S/C29H36N2O11/c1-15-8-20(34)18-9-17-10-23(42-39-14-22(36)26(38)25(37)21(35)13-33)29(2,5-3-7-32)41-27(17)24(28(18)40-15)31-11-16-4-6-30-19(16)12-31/h4,6,8-9,11,21-23,25-26,32-33,35-38H,3,5,7,10,12-14H2,1-2H3. The van der Waals surface area contributed by atoms with Crippen LogP contribution in [0, 0.1) is 6.92 Å². The zero-order chi connectivity index (χ0) is 30.2. The van der Waals surface area contributed by atoms with E-state index in [1.54, 1.807) is 26.1 Å². The van der Waals surface area contributed by atoms with Crippen LogP contribution in [0.15, 0.2) is 50.4 Å². The van der Waals surface area contributed by atoms with Gasteiger partial charge in [0.15, 0.2) is 16.8 Å². The number of rotatable bonds is 12. The third-order valence-electron chi connectivity index (χ3n) is 7.87. The molecule has 0 saturated carbocycles. The van der Waals surface area contributed by atoms with Crippen molar-refractivity contribution in [2.45, 2.75) is 69.2 Å². The highest BCUT2D eigenvalue weighted by atomic mass is 17.2. The summed E-state index contributed by atoms with van der Waals surface area (Å²) in [4.78, 5) is 30.4. The summed E-state index contributed by atoms with van der Waals surface area (Å²) >= 11 is 0. The Morgan fingerprint density at radius 2 is 1.93 bits per heavy atom. The van der Waals surface area contributed by atoms with Crippen molar-refractivity contribution < 1.29 is 49.6 Å². The van der Waals surface area contributed by atoms with E-state index in [4.69, 9.17) is 24.0 Å². The van der Waals surface area contributed by atoms with Crippen LogP contribution in [-0.2, 0) is 16.2 Å². The van der Waals surface area contributed by atoms with E-state index in [0.29, 0.717) is 53.1 Å². The number of aliphatic imine (C=N–C) groups is 1. The van der Waals surface area contributed by atoms with Crippen molar-refractivity contribution in [3.05, 3.63) is 57.7 Å². The number of aryl methyl sites for hydroxylation is 1. The lowest BCUT2D eigenvalue weighted by atomic mass is 9.85. The average Bonchev–Trinajstić information content (AvgIpc) is 3.57. The predicted octanol–water partition coefficient (Wildman–Crippen LogP) is -0.00758. The number of allylic oxidation sites excluding steroid dienone is 1. The molecule has 6 atom stereocenters. The average molecular weight is 589 g/mol. The molecule has 3 aliphatic heterocycles. The van der Waals surface area contributed by atoms with Gasteiger partial charge in [-0.25, -0.2) is 9.78 Å². The minimum atomic E-state index is -1.81. The van der Waals surface area contributed by atoms with E-state index in [9.17, 15) is 30.3 Å². The number of anilines is 1. The van der Waals surface area contributed by atoms with E-state index in [-0.39, 0.29) is 18.5 Å². The van der Waals surface area contributed by atoms with Crippen LogP contribution in [0.1, 0.15) is 31.1 Å². The van der Waals surface area contributed by atoms with Crippen molar-refractivity contribution in [1.29, 1.82) is 0 Å². The summed E-state index contributed by atoms with van der Waals surface area (Å²) in [6.07, 6.45) is -1.18. The van der Waals surface area contributed by atoms with Gasteiger partial charge in [-0.15, -0.1) is 0 Å². The number of aliphatic hydroxyl groups excluding tert-OH is 6. The molecule has 0 bridgehead atoms. The summed E-state index contributed by atoms with van der Waals surface area (Å²) in [6, 6.07) is 3.12. The molecular weight excluding hydrogens is 552 g/mol. The highest BCUT2D eigenvalue weighted by Gasteiger charge is 2.45. The Bertz CT molecular complexity index is 1470. The van der Waals surface area contributed by atoms with Gasteiger partial charge in [0.25, 0.3) is 0 Å². The van der Waals surface area contributed by atoms with Gasteiger partial charge in [0.1, 0.15) is 54.2 Å². The third-order valence-corrected chi connectivity index (χ3v) is 7.87. The zero-order valence-corrected chi connectivity index (χ0v) is 23.3. The van der Waals surface area contributed by atoms with Crippen LogP contribution in [0.25, 0.3) is 11.0 Å². The van der Waals surface area contributed by atoms with E-state index in [1.165, 1.54) is 6.07 Å². The molecule has 13 heteroatoms. The largest absolute Gasteiger partial charge is 0.482 e. The second-order valence-corrected chi connectivity index (χ2v) is 11.0. The Labute approximate surface area is 241 Å². The first-order valence-electron chi connectivity index (χ1n) is 13.8. The van der Waals surface area contributed by atoms with Gasteiger partial charge in [-0.05, 0) is 38.8 Å². The SMILES string of the molecule is Cc1cc(=O)c2cc3c(c(N4C=C5C=CN=C5C4)c2o1)OC(C)(CCCO)C(OOCC(O)C(O)C(O)C(O)CO)C3. The molecule has 1 aromatic heterocycles. The van der Waals surface area contributed by atoms with Crippen LogP contribution in [0.4, 0.5) is 5.69 Å². The molecule has 0 aliphatic carbocycles. The summed E-state index contributed by atoms with van der Waals surface area (Å²) in [5.41, 5.74) is 2.16. The summed E-state index contributed by atoms with van der Waals surface area (Å²) in [6.45, 7) is 2.48. The lowest BCUT2D eigenvalue weighted by molar-refractivity contribution is -0.360. The first-order valence-corrected chi connectivity index (χ1v) is 13.8. The number of aliphatic hydroxyl groups is 6. The van der Waals surface area contributed by atoms with E-state index in [0.717, 1.165) is 11.3 Å². The van der Waals surface area contributed by atoms with Gasteiger partial charge in [0, 0.05) is 42.6 Å². The molecule has 0 spiro atoms. The van der Waals surface area contributed by atoms with Crippen LogP contribution in [-0.4, -0.2) is 98.8 Å². The Morgan fingerprint density at radius 1 is 1.17 bits per heavy atom. The van der Waals surface area contributed by atoms with Gasteiger partial charge in [0.05, 0.1) is 24.2 Å². The van der Waals surface area contributed by atoms with Gasteiger partial charge in [-0.2, -0.15) is 0 Å². The van der Waals surface area contributed by atoms with Crippen LogP contribution in [0.5, 0.6) is 5.75 Å². The molecule has 3 aliphatic rings. The molecule has 6 N–H and O–H groups in total. The molecular formula is C29H36N2O11. The fraction of sp³-hybridized carbons (Fsp3) is 0.517. The number of fused-ring (bicyclic) bond motifs is 3. The van der Waals surface area contributed by atoms with Crippen molar-refractivity contribution in [1.82, 2.24) is 0 Å². The minimum Gasteiger partial charge on any atom is -0.482 e. The molecule has 0 amide bonds. The smallest absolute Gasteiger partial charge is 0.193 e. The first kappa shape index (κ1) is 30.3. The van der Waals surface area contributed by atoms with E-state index in [1.807, 2.05) is 17.2 Å². The molecule has 6 unspecified atom stereocenters. The summed E-state index contributed by atoms with van der Waals surface area (Å²) in [7, 11) is 0. The van der Waals surface area contributed by atoms with Crippen molar-refractivity contribution in [2.75, 3.05) is 31.3 Å². The fourth-order valence-corrected chi connectivity index (χ4v) is 5.45. The van der Waals surface area contributed by atoms with Gasteiger partial charge in [-0.3, -0.25) is 9.79 Å². The van der Waals surface area contributed by atoms with Crippen molar-refractivity contribution in [3.63, 3.8) is 0 Å². The quantitative estimate of drug-likeness (QED) is 0.144. The molecule has 4 heterocycles. The zero-order valence-electron chi connectivity index (χ0n) is 23.3.